The van der Waals surface area contributed by atoms with Gasteiger partial charge >= 0.3 is 12.6 Å². The maximum atomic E-state index is 12.6. The summed E-state index contributed by atoms with van der Waals surface area (Å²) in [6.07, 6.45) is 0.535. The molecule has 0 amide bonds. The highest BCUT2D eigenvalue weighted by Gasteiger charge is 2.32. The summed E-state index contributed by atoms with van der Waals surface area (Å²) in [5.74, 6) is -0.444. The number of carbonyl (C=O) groups is 1. The molecule has 0 saturated heterocycles. The topological polar surface area (TPSA) is 68.8 Å². The van der Waals surface area contributed by atoms with Gasteiger partial charge in [-0.25, -0.2) is 4.79 Å². The van der Waals surface area contributed by atoms with Crippen molar-refractivity contribution in [3.8, 4) is 11.5 Å². The Hall–Kier alpha value is -2.42. The van der Waals surface area contributed by atoms with Crippen LogP contribution in [0.4, 0.5) is 8.78 Å². The number of benzene rings is 1. The number of carbonyl (C=O) groups excluding carboxylic acids is 1. The lowest BCUT2D eigenvalue weighted by atomic mass is 9.94. The molecule has 1 aromatic rings. The lowest BCUT2D eigenvalue weighted by molar-refractivity contribution is -0.136. The zero-order valence-corrected chi connectivity index (χ0v) is 15.4. The molecule has 0 unspecified atom stereocenters. The van der Waals surface area contributed by atoms with Gasteiger partial charge in [0, 0.05) is 5.70 Å². The minimum atomic E-state index is -2.97. The van der Waals surface area contributed by atoms with E-state index in [-0.39, 0.29) is 18.1 Å². The molecule has 0 aromatic heterocycles. The second-order valence-corrected chi connectivity index (χ2v) is 5.69. The van der Waals surface area contributed by atoms with E-state index in [0.717, 1.165) is 0 Å². The predicted octanol–water partition coefficient (Wildman–Crippen LogP) is 3.04. The van der Waals surface area contributed by atoms with Crippen LogP contribution >= 0.6 is 12.2 Å². The Morgan fingerprint density at radius 1 is 1.31 bits per heavy atom. The third-order valence-electron chi connectivity index (χ3n) is 3.73. The highest BCUT2D eigenvalue weighted by molar-refractivity contribution is 7.80. The molecule has 2 N–H and O–H groups in total. The number of methoxy groups -OCH3 is 1. The van der Waals surface area contributed by atoms with Crippen LogP contribution in [-0.4, -0.2) is 31.4 Å². The van der Waals surface area contributed by atoms with Gasteiger partial charge in [0.05, 0.1) is 25.3 Å². The van der Waals surface area contributed by atoms with Crippen LogP contribution in [0.1, 0.15) is 31.9 Å². The predicted molar refractivity (Wildman–Crippen MR) is 95.2 cm³/mol. The van der Waals surface area contributed by atoms with Crippen LogP contribution in [0.5, 0.6) is 11.5 Å². The molecule has 1 atom stereocenters. The fourth-order valence-electron chi connectivity index (χ4n) is 2.66. The molecule has 26 heavy (non-hydrogen) atoms. The molecular weight excluding hydrogens is 366 g/mol. The van der Waals surface area contributed by atoms with Crippen molar-refractivity contribution >= 4 is 23.3 Å². The third kappa shape index (κ3) is 4.40. The van der Waals surface area contributed by atoms with E-state index in [1.807, 2.05) is 6.92 Å². The lowest BCUT2D eigenvalue weighted by Crippen LogP contribution is -2.45. The Morgan fingerprint density at radius 3 is 2.62 bits per heavy atom. The van der Waals surface area contributed by atoms with E-state index in [0.29, 0.717) is 28.4 Å². The van der Waals surface area contributed by atoms with Crippen LogP contribution in [0.25, 0.3) is 0 Å². The van der Waals surface area contributed by atoms with Crippen LogP contribution < -0.4 is 20.1 Å². The Balaban J connectivity index is 2.51. The second-order valence-electron chi connectivity index (χ2n) is 5.29. The number of nitrogens with one attached hydrogen (secondary N) is 2. The molecule has 1 aliphatic heterocycles. The number of thiocarbonyl (C=S) groups is 1. The SMILES string of the molecule is CCOc1cc([C@H]2NC(=S)NC(CC)=C2C(=O)OC)ccc1OC(F)F. The molecule has 9 heteroatoms. The van der Waals surface area contributed by atoms with E-state index in [1.54, 1.807) is 19.1 Å². The van der Waals surface area contributed by atoms with Crippen molar-refractivity contribution in [2.45, 2.75) is 32.9 Å². The normalized spacial score (nSPS) is 16.8. The largest absolute Gasteiger partial charge is 0.490 e. The molecule has 1 heterocycles. The van der Waals surface area contributed by atoms with Gasteiger partial charge in [0.25, 0.3) is 0 Å². The Labute approximate surface area is 155 Å². The van der Waals surface area contributed by atoms with Gasteiger partial charge in [-0.15, -0.1) is 0 Å². The van der Waals surface area contributed by atoms with E-state index >= 15 is 0 Å². The number of esters is 1. The zero-order chi connectivity index (χ0) is 19.3. The van der Waals surface area contributed by atoms with Crippen molar-refractivity contribution in [1.29, 1.82) is 0 Å². The van der Waals surface area contributed by atoms with Gasteiger partial charge in [0.2, 0.25) is 0 Å². The molecule has 142 valence electrons. The number of alkyl halides is 2. The molecule has 0 fully saturated rings. The third-order valence-corrected chi connectivity index (χ3v) is 3.95. The Morgan fingerprint density at radius 2 is 2.04 bits per heavy atom. The molecule has 0 aliphatic carbocycles. The second kappa shape index (κ2) is 8.79. The molecule has 1 aliphatic rings. The van der Waals surface area contributed by atoms with Gasteiger partial charge in [0.15, 0.2) is 16.6 Å². The van der Waals surface area contributed by atoms with Crippen LogP contribution in [-0.2, 0) is 9.53 Å². The summed E-state index contributed by atoms with van der Waals surface area (Å²) in [6.45, 7) is 0.899. The molecule has 0 spiro atoms. The molecule has 6 nitrogen and oxygen atoms in total. The first-order valence-corrected chi connectivity index (χ1v) is 8.42. The summed E-state index contributed by atoms with van der Waals surface area (Å²) in [7, 11) is 1.29. The zero-order valence-electron chi connectivity index (χ0n) is 14.6. The van der Waals surface area contributed by atoms with Crippen molar-refractivity contribution < 1.29 is 27.8 Å². The smallest absolute Gasteiger partial charge is 0.387 e. The first-order valence-electron chi connectivity index (χ1n) is 8.01. The minimum Gasteiger partial charge on any atom is -0.490 e. The monoisotopic (exact) mass is 386 g/mol. The maximum Gasteiger partial charge on any atom is 0.387 e. The molecule has 0 radical (unpaired) electrons. The number of rotatable bonds is 7. The highest BCUT2D eigenvalue weighted by Crippen LogP contribution is 2.35. The molecular formula is C17H20F2N2O4S. The number of ether oxygens (including phenoxy) is 3. The van der Waals surface area contributed by atoms with Crippen molar-refractivity contribution in [2.24, 2.45) is 0 Å². The van der Waals surface area contributed by atoms with Gasteiger partial charge in [-0.3, -0.25) is 0 Å². The van der Waals surface area contributed by atoms with E-state index < -0.39 is 18.6 Å². The standard InChI is InChI=1S/C17H20F2N2O4S/c1-4-10-13(15(22)23-3)14(21-17(26)20-10)9-6-7-11(25-16(18)19)12(8-9)24-5-2/h6-8,14,16H,4-5H2,1-3H3,(H2,20,21,26)/t14-/m1/s1. The number of halogens is 2. The number of hydrogen-bond acceptors (Lipinski definition) is 5. The van der Waals surface area contributed by atoms with Gasteiger partial charge in [0.1, 0.15) is 0 Å². The summed E-state index contributed by atoms with van der Waals surface area (Å²) < 4.78 is 39.9. The average molecular weight is 386 g/mol. The fourth-order valence-corrected chi connectivity index (χ4v) is 2.90. The fraction of sp³-hybridized carbons (Fsp3) is 0.412. The van der Waals surface area contributed by atoms with Crippen molar-refractivity contribution in [3.05, 3.63) is 35.0 Å². The van der Waals surface area contributed by atoms with Gasteiger partial charge in [-0.1, -0.05) is 13.0 Å². The molecule has 0 saturated carbocycles. The van der Waals surface area contributed by atoms with E-state index in [1.165, 1.54) is 13.2 Å². The highest BCUT2D eigenvalue weighted by atomic mass is 32.1. The van der Waals surface area contributed by atoms with Crippen LogP contribution in [0.15, 0.2) is 29.5 Å². The van der Waals surface area contributed by atoms with Crippen molar-refractivity contribution in [3.63, 3.8) is 0 Å². The van der Waals surface area contributed by atoms with E-state index in [2.05, 4.69) is 15.4 Å². The van der Waals surface area contributed by atoms with E-state index in [9.17, 15) is 13.6 Å². The van der Waals surface area contributed by atoms with Crippen LogP contribution in [0.2, 0.25) is 0 Å². The summed E-state index contributed by atoms with van der Waals surface area (Å²) in [5.41, 5.74) is 1.61. The minimum absolute atomic E-state index is 0.0820. The Kier molecular flexibility index (Phi) is 6.73. The summed E-state index contributed by atoms with van der Waals surface area (Å²) in [5, 5.41) is 6.31. The van der Waals surface area contributed by atoms with Gasteiger partial charge < -0.3 is 24.8 Å². The molecule has 0 bridgehead atoms. The molecule has 1 aromatic carbocycles. The van der Waals surface area contributed by atoms with E-state index in [4.69, 9.17) is 21.7 Å². The summed E-state index contributed by atoms with van der Waals surface area (Å²) >= 11 is 5.21. The van der Waals surface area contributed by atoms with Gasteiger partial charge in [-0.05, 0) is 43.3 Å². The number of hydrogen-bond donors (Lipinski definition) is 2. The maximum absolute atomic E-state index is 12.6. The van der Waals surface area contributed by atoms with Gasteiger partial charge in [-0.2, -0.15) is 8.78 Å². The van der Waals surface area contributed by atoms with Crippen molar-refractivity contribution in [1.82, 2.24) is 10.6 Å². The quantitative estimate of drug-likeness (QED) is 0.551. The van der Waals surface area contributed by atoms with Crippen LogP contribution in [0.3, 0.4) is 0 Å². The van der Waals surface area contributed by atoms with Crippen LogP contribution in [0, 0.1) is 0 Å². The summed E-state index contributed by atoms with van der Waals surface area (Å²) in [6, 6.07) is 3.89. The Bertz CT molecular complexity index is 725. The lowest BCUT2D eigenvalue weighted by Gasteiger charge is -2.30. The van der Waals surface area contributed by atoms with Crippen molar-refractivity contribution in [2.75, 3.05) is 13.7 Å². The number of allylic oxidation sites excluding steroid dienone is 1. The first kappa shape index (κ1) is 19.9. The average Bonchev–Trinajstić information content (AvgIpc) is 2.61. The first-order chi connectivity index (χ1) is 12.4. The molecule has 2 rings (SSSR count). The summed E-state index contributed by atoms with van der Waals surface area (Å²) in [4.78, 5) is 12.3.